The van der Waals surface area contributed by atoms with Crippen LogP contribution in [0.4, 0.5) is 5.69 Å². The molecule has 1 aromatic rings. The summed E-state index contributed by atoms with van der Waals surface area (Å²) in [6.45, 7) is 4.81. The molecule has 0 spiro atoms. The van der Waals surface area contributed by atoms with Crippen molar-refractivity contribution < 1.29 is 14.6 Å². The molecule has 1 aliphatic rings. The van der Waals surface area contributed by atoms with Gasteiger partial charge in [-0.15, -0.1) is 0 Å². The van der Waals surface area contributed by atoms with Crippen molar-refractivity contribution in [2.75, 3.05) is 18.5 Å². The fraction of sp³-hybridized carbons (Fsp3) is 0.500. The zero-order valence-corrected chi connectivity index (χ0v) is 11.7. The summed E-state index contributed by atoms with van der Waals surface area (Å²) >= 11 is 11.7. The summed E-state index contributed by atoms with van der Waals surface area (Å²) < 4.78 is 11.1. The molecule has 0 atom stereocenters. The Morgan fingerprint density at radius 2 is 1.72 bits per heavy atom. The van der Waals surface area contributed by atoms with Gasteiger partial charge in [-0.25, -0.2) is 0 Å². The van der Waals surface area contributed by atoms with Gasteiger partial charge in [0, 0.05) is 5.69 Å². The van der Waals surface area contributed by atoms with Crippen molar-refractivity contribution in [1.82, 2.24) is 0 Å². The average molecular weight is 292 g/mol. The summed E-state index contributed by atoms with van der Waals surface area (Å²) in [5.41, 5.74) is 0.722. The highest BCUT2D eigenvalue weighted by Gasteiger charge is 2.28. The predicted molar refractivity (Wildman–Crippen MR) is 71.5 cm³/mol. The molecule has 1 heterocycles. The zero-order chi connectivity index (χ0) is 13.3. The second kappa shape index (κ2) is 5.13. The van der Waals surface area contributed by atoms with Gasteiger partial charge in [-0.3, -0.25) is 0 Å². The molecule has 100 valence electrons. The van der Waals surface area contributed by atoms with Gasteiger partial charge in [-0.05, 0) is 26.0 Å². The van der Waals surface area contributed by atoms with E-state index < -0.39 is 5.79 Å². The van der Waals surface area contributed by atoms with Gasteiger partial charge in [0.25, 0.3) is 0 Å². The molecule has 0 aromatic heterocycles. The molecule has 1 aromatic carbocycles. The Bertz CT molecular complexity index is 418. The Morgan fingerprint density at radius 3 is 2.22 bits per heavy atom. The molecule has 0 aliphatic carbocycles. The quantitative estimate of drug-likeness (QED) is 0.821. The number of nitrogens with one attached hydrogen (secondary N) is 1. The Morgan fingerprint density at radius 1 is 1.22 bits per heavy atom. The topological polar surface area (TPSA) is 50.7 Å². The first kappa shape index (κ1) is 13.7. The Kier molecular flexibility index (Phi) is 3.92. The van der Waals surface area contributed by atoms with E-state index in [9.17, 15) is 5.11 Å². The minimum atomic E-state index is -0.539. The SMILES string of the molecule is CC1(C)OCC(Nc2cc(Cl)c(O)c(Cl)c2)CO1. The minimum absolute atomic E-state index is 0.0229. The monoisotopic (exact) mass is 291 g/mol. The predicted octanol–water partition coefficient (Wildman–Crippen LogP) is 3.26. The van der Waals surface area contributed by atoms with Crippen molar-refractivity contribution in [3.8, 4) is 5.75 Å². The van der Waals surface area contributed by atoms with Crippen molar-refractivity contribution in [3.63, 3.8) is 0 Å². The van der Waals surface area contributed by atoms with E-state index in [1.165, 1.54) is 0 Å². The van der Waals surface area contributed by atoms with Crippen LogP contribution in [0.5, 0.6) is 5.75 Å². The third kappa shape index (κ3) is 3.20. The molecule has 1 fully saturated rings. The lowest BCUT2D eigenvalue weighted by Crippen LogP contribution is -2.45. The van der Waals surface area contributed by atoms with Gasteiger partial charge in [0.05, 0.1) is 29.3 Å². The molecule has 0 radical (unpaired) electrons. The highest BCUT2D eigenvalue weighted by atomic mass is 35.5. The first-order valence-electron chi connectivity index (χ1n) is 5.60. The number of hydrogen-bond acceptors (Lipinski definition) is 4. The molecule has 0 saturated carbocycles. The summed E-state index contributed by atoms with van der Waals surface area (Å²) in [5.74, 6) is -0.649. The average Bonchev–Trinajstić information content (AvgIpc) is 2.29. The van der Waals surface area contributed by atoms with Crippen LogP contribution in [0.25, 0.3) is 0 Å². The molecular weight excluding hydrogens is 277 g/mol. The van der Waals surface area contributed by atoms with Crippen LogP contribution in [-0.2, 0) is 9.47 Å². The van der Waals surface area contributed by atoms with E-state index in [1.54, 1.807) is 12.1 Å². The van der Waals surface area contributed by atoms with Crippen molar-refractivity contribution in [2.24, 2.45) is 0 Å². The van der Waals surface area contributed by atoms with Gasteiger partial charge in [0.1, 0.15) is 0 Å². The number of rotatable bonds is 2. The normalized spacial score (nSPS) is 19.8. The molecule has 0 amide bonds. The molecule has 18 heavy (non-hydrogen) atoms. The van der Waals surface area contributed by atoms with E-state index in [0.29, 0.717) is 13.2 Å². The first-order chi connectivity index (χ1) is 8.37. The molecule has 2 N–H and O–H groups in total. The summed E-state index contributed by atoms with van der Waals surface area (Å²) in [6.07, 6.45) is 0. The van der Waals surface area contributed by atoms with E-state index in [0.717, 1.165) is 5.69 Å². The van der Waals surface area contributed by atoms with Crippen LogP contribution in [0.2, 0.25) is 10.0 Å². The number of benzene rings is 1. The molecule has 4 nitrogen and oxygen atoms in total. The van der Waals surface area contributed by atoms with Crippen LogP contribution in [0.3, 0.4) is 0 Å². The first-order valence-corrected chi connectivity index (χ1v) is 6.35. The van der Waals surface area contributed by atoms with E-state index in [2.05, 4.69) is 5.32 Å². The standard InChI is InChI=1S/C12H15Cl2NO3/c1-12(2)17-5-8(6-18-12)15-7-3-9(13)11(16)10(14)4-7/h3-4,8,15-16H,5-6H2,1-2H3. The molecule has 1 saturated heterocycles. The van der Waals surface area contributed by atoms with E-state index in [-0.39, 0.29) is 21.8 Å². The Labute approximate surface area is 116 Å². The molecular formula is C12H15Cl2NO3. The number of phenolic OH excluding ortho intramolecular Hbond substituents is 1. The van der Waals surface area contributed by atoms with Crippen LogP contribution in [-0.4, -0.2) is 30.1 Å². The van der Waals surface area contributed by atoms with Gasteiger partial charge in [-0.2, -0.15) is 0 Å². The third-order valence-corrected chi connectivity index (χ3v) is 3.23. The summed E-state index contributed by atoms with van der Waals surface area (Å²) in [6, 6.07) is 3.25. The lowest BCUT2D eigenvalue weighted by molar-refractivity contribution is -0.247. The molecule has 6 heteroatoms. The number of anilines is 1. The maximum Gasteiger partial charge on any atom is 0.162 e. The van der Waals surface area contributed by atoms with Crippen LogP contribution in [0.15, 0.2) is 12.1 Å². The summed E-state index contributed by atoms with van der Waals surface area (Å²) in [4.78, 5) is 0. The van der Waals surface area contributed by atoms with Crippen LogP contribution in [0.1, 0.15) is 13.8 Å². The summed E-state index contributed by atoms with van der Waals surface area (Å²) in [5, 5.41) is 13.1. The highest BCUT2D eigenvalue weighted by molar-refractivity contribution is 6.37. The fourth-order valence-electron chi connectivity index (χ4n) is 1.66. The second-order valence-electron chi connectivity index (χ2n) is 4.65. The minimum Gasteiger partial charge on any atom is -0.505 e. The van der Waals surface area contributed by atoms with Gasteiger partial charge < -0.3 is 19.9 Å². The van der Waals surface area contributed by atoms with Crippen LogP contribution in [0, 0.1) is 0 Å². The molecule has 2 rings (SSSR count). The fourth-order valence-corrected chi connectivity index (χ4v) is 2.15. The van der Waals surface area contributed by atoms with Crippen molar-refractivity contribution in [3.05, 3.63) is 22.2 Å². The number of phenols is 1. The van der Waals surface area contributed by atoms with Gasteiger partial charge >= 0.3 is 0 Å². The number of aromatic hydroxyl groups is 1. The second-order valence-corrected chi connectivity index (χ2v) is 5.47. The highest BCUT2D eigenvalue weighted by Crippen LogP contribution is 2.35. The van der Waals surface area contributed by atoms with Crippen molar-refractivity contribution in [2.45, 2.75) is 25.7 Å². The van der Waals surface area contributed by atoms with E-state index in [4.69, 9.17) is 32.7 Å². The Hall–Kier alpha value is -0.680. The zero-order valence-electron chi connectivity index (χ0n) is 10.2. The number of hydrogen-bond donors (Lipinski definition) is 2. The van der Waals surface area contributed by atoms with Gasteiger partial charge in [0.15, 0.2) is 11.5 Å². The number of halogens is 2. The maximum absolute atomic E-state index is 9.46. The lowest BCUT2D eigenvalue weighted by atomic mass is 10.2. The maximum atomic E-state index is 9.46. The third-order valence-electron chi connectivity index (χ3n) is 2.65. The van der Waals surface area contributed by atoms with Crippen molar-refractivity contribution in [1.29, 1.82) is 0 Å². The van der Waals surface area contributed by atoms with Crippen LogP contribution < -0.4 is 5.32 Å². The van der Waals surface area contributed by atoms with Gasteiger partial charge in [-0.1, -0.05) is 23.2 Å². The lowest BCUT2D eigenvalue weighted by Gasteiger charge is -2.35. The van der Waals surface area contributed by atoms with Crippen molar-refractivity contribution >= 4 is 28.9 Å². The van der Waals surface area contributed by atoms with E-state index in [1.807, 2.05) is 13.8 Å². The number of ether oxygens (including phenoxy) is 2. The summed E-state index contributed by atoms with van der Waals surface area (Å²) in [7, 11) is 0. The largest absolute Gasteiger partial charge is 0.505 e. The smallest absolute Gasteiger partial charge is 0.162 e. The van der Waals surface area contributed by atoms with Gasteiger partial charge in [0.2, 0.25) is 0 Å². The van der Waals surface area contributed by atoms with E-state index >= 15 is 0 Å². The molecule has 0 bridgehead atoms. The van der Waals surface area contributed by atoms with Crippen LogP contribution >= 0.6 is 23.2 Å². The molecule has 1 aliphatic heterocycles. The molecule has 0 unspecified atom stereocenters. The Balaban J connectivity index is 2.03.